The molecule has 3 nitrogen and oxygen atoms in total. The maximum atomic E-state index is 12.6. The van der Waals surface area contributed by atoms with E-state index >= 15 is 0 Å². The van der Waals surface area contributed by atoms with Crippen molar-refractivity contribution in [3.05, 3.63) is 41.7 Å². The van der Waals surface area contributed by atoms with Crippen molar-refractivity contribution < 1.29 is 13.9 Å². The average Bonchev–Trinajstić information content (AvgIpc) is 3.21. The first kappa shape index (κ1) is 17.0. The molecule has 0 heterocycles. The van der Waals surface area contributed by atoms with Crippen LogP contribution in [0.2, 0.25) is 0 Å². The fourth-order valence-corrected chi connectivity index (χ4v) is 4.46. The molecule has 0 aromatic heterocycles. The molecule has 0 saturated heterocycles. The highest BCUT2D eigenvalue weighted by atomic mass is 19.1. The Morgan fingerprint density at radius 1 is 1.25 bits per heavy atom. The highest BCUT2D eigenvalue weighted by molar-refractivity contribution is 5.83. The second-order valence-corrected chi connectivity index (χ2v) is 7.25. The van der Waals surface area contributed by atoms with E-state index in [4.69, 9.17) is 4.74 Å². The van der Waals surface area contributed by atoms with Crippen LogP contribution in [0.3, 0.4) is 0 Å². The molecule has 2 aliphatic rings. The standard InChI is InChI=1S/C20H26FNO2/c1-3-15(12-21)13-24-17-6-4-16(5-7-17)19-8-10-20(14-19,11-9-19)18(23)22-2/h4-7,12H,3,8-11,13-14H2,1-2H3,(H,22,23)/b15-12+. The predicted octanol–water partition coefficient (Wildman–Crippen LogP) is 4.28. The molecule has 4 heteroatoms. The molecule has 3 rings (SSSR count). The van der Waals surface area contributed by atoms with E-state index in [9.17, 15) is 9.18 Å². The summed E-state index contributed by atoms with van der Waals surface area (Å²) >= 11 is 0. The van der Waals surface area contributed by atoms with Crippen molar-refractivity contribution in [3.8, 4) is 5.75 Å². The van der Waals surface area contributed by atoms with Gasteiger partial charge < -0.3 is 10.1 Å². The van der Waals surface area contributed by atoms with Crippen LogP contribution in [0, 0.1) is 5.41 Å². The number of hydrogen-bond acceptors (Lipinski definition) is 2. The van der Waals surface area contributed by atoms with Gasteiger partial charge in [-0.3, -0.25) is 4.79 Å². The number of rotatable bonds is 6. The Labute approximate surface area is 143 Å². The smallest absolute Gasteiger partial charge is 0.225 e. The van der Waals surface area contributed by atoms with Gasteiger partial charge in [-0.15, -0.1) is 0 Å². The lowest BCUT2D eigenvalue weighted by Gasteiger charge is -2.27. The molecule has 0 unspecified atom stereocenters. The number of fused-ring (bicyclic) bond motifs is 2. The Bertz CT molecular complexity index is 628. The number of halogens is 1. The maximum absolute atomic E-state index is 12.6. The van der Waals surface area contributed by atoms with Crippen molar-refractivity contribution >= 4 is 5.91 Å². The Kier molecular flexibility index (Phi) is 4.66. The van der Waals surface area contributed by atoms with Crippen LogP contribution in [0.15, 0.2) is 36.2 Å². The first-order valence-electron chi connectivity index (χ1n) is 8.81. The third-order valence-corrected chi connectivity index (χ3v) is 6.05. The Hall–Kier alpha value is -1.84. The Morgan fingerprint density at radius 2 is 1.92 bits per heavy atom. The number of amides is 1. The molecule has 2 bridgehead atoms. The summed E-state index contributed by atoms with van der Waals surface area (Å²) in [5.41, 5.74) is 1.93. The predicted molar refractivity (Wildman–Crippen MR) is 92.7 cm³/mol. The van der Waals surface area contributed by atoms with Crippen LogP contribution < -0.4 is 10.1 Å². The summed E-state index contributed by atoms with van der Waals surface area (Å²) < 4.78 is 18.2. The van der Waals surface area contributed by atoms with E-state index in [-0.39, 0.29) is 23.3 Å². The minimum atomic E-state index is -0.161. The minimum absolute atomic E-state index is 0.137. The molecule has 1 amide bonds. The lowest BCUT2D eigenvalue weighted by molar-refractivity contribution is -0.130. The van der Waals surface area contributed by atoms with Gasteiger partial charge in [0.25, 0.3) is 0 Å². The summed E-state index contributed by atoms with van der Waals surface area (Å²) in [5.74, 6) is 0.962. The molecule has 1 N–H and O–H groups in total. The van der Waals surface area contributed by atoms with Gasteiger partial charge in [0, 0.05) is 7.05 Å². The van der Waals surface area contributed by atoms with E-state index in [1.54, 1.807) is 7.05 Å². The van der Waals surface area contributed by atoms with Gasteiger partial charge in [0.2, 0.25) is 5.91 Å². The fourth-order valence-electron chi connectivity index (χ4n) is 4.46. The average molecular weight is 331 g/mol. The van der Waals surface area contributed by atoms with Crippen molar-refractivity contribution in [1.82, 2.24) is 5.32 Å². The lowest BCUT2D eigenvalue weighted by Crippen LogP contribution is -2.35. The maximum Gasteiger partial charge on any atom is 0.225 e. The summed E-state index contributed by atoms with van der Waals surface area (Å²) in [6, 6.07) is 8.17. The number of benzene rings is 1. The SMILES string of the molecule is CC/C(=C\F)COc1ccc(C23CCC(C(=O)NC)(CC2)C3)cc1. The van der Waals surface area contributed by atoms with E-state index < -0.39 is 0 Å². The number of carbonyl (C=O) groups is 1. The van der Waals surface area contributed by atoms with Gasteiger partial charge in [-0.05, 0) is 67.2 Å². The number of hydrogen-bond donors (Lipinski definition) is 1. The third kappa shape index (κ3) is 2.83. The highest BCUT2D eigenvalue weighted by Crippen LogP contribution is 2.62. The molecule has 1 aromatic carbocycles. The number of carbonyl (C=O) groups excluding carboxylic acids is 1. The topological polar surface area (TPSA) is 38.3 Å². The first-order valence-corrected chi connectivity index (χ1v) is 8.81. The van der Waals surface area contributed by atoms with Gasteiger partial charge in [-0.25, -0.2) is 4.39 Å². The van der Waals surface area contributed by atoms with Gasteiger partial charge >= 0.3 is 0 Å². The van der Waals surface area contributed by atoms with Gasteiger partial charge in [0.05, 0.1) is 11.7 Å². The monoisotopic (exact) mass is 331 g/mol. The van der Waals surface area contributed by atoms with Crippen LogP contribution in [0.4, 0.5) is 4.39 Å². The van der Waals surface area contributed by atoms with E-state index in [2.05, 4.69) is 17.4 Å². The zero-order chi connectivity index (χ0) is 17.2. The molecule has 24 heavy (non-hydrogen) atoms. The quantitative estimate of drug-likeness (QED) is 0.845. The lowest BCUT2D eigenvalue weighted by atomic mass is 9.77. The summed E-state index contributed by atoms with van der Waals surface area (Å²) in [7, 11) is 1.73. The molecule has 0 radical (unpaired) electrons. The molecule has 2 aliphatic carbocycles. The van der Waals surface area contributed by atoms with Crippen molar-refractivity contribution in [2.45, 2.75) is 50.9 Å². The zero-order valence-corrected chi connectivity index (χ0v) is 14.5. The second-order valence-electron chi connectivity index (χ2n) is 7.25. The summed E-state index contributed by atoms with van der Waals surface area (Å²) in [5, 5.41) is 2.85. The highest BCUT2D eigenvalue weighted by Gasteiger charge is 2.58. The minimum Gasteiger partial charge on any atom is -0.489 e. The summed E-state index contributed by atoms with van der Waals surface area (Å²) in [6.45, 7) is 2.20. The Balaban J connectivity index is 1.70. The molecule has 0 atom stereocenters. The summed E-state index contributed by atoms with van der Waals surface area (Å²) in [4.78, 5) is 12.3. The molecular weight excluding hydrogens is 305 g/mol. The molecule has 0 spiro atoms. The van der Waals surface area contributed by atoms with Crippen molar-refractivity contribution in [2.24, 2.45) is 5.41 Å². The van der Waals surface area contributed by atoms with Crippen LogP contribution in [0.5, 0.6) is 5.75 Å². The first-order chi connectivity index (χ1) is 11.6. The van der Waals surface area contributed by atoms with Gasteiger partial charge in [0.15, 0.2) is 0 Å². The third-order valence-electron chi connectivity index (χ3n) is 6.05. The van der Waals surface area contributed by atoms with Gasteiger partial charge in [-0.2, -0.15) is 0 Å². The largest absolute Gasteiger partial charge is 0.489 e. The summed E-state index contributed by atoms with van der Waals surface area (Å²) in [6.07, 6.45) is 6.33. The molecular formula is C20H26FNO2. The van der Waals surface area contributed by atoms with Crippen LogP contribution in [-0.4, -0.2) is 19.6 Å². The van der Waals surface area contributed by atoms with E-state index in [0.717, 1.165) is 37.9 Å². The number of ether oxygens (including phenoxy) is 1. The fraction of sp³-hybridized carbons (Fsp3) is 0.550. The molecule has 130 valence electrons. The zero-order valence-electron chi connectivity index (χ0n) is 14.5. The number of nitrogens with one attached hydrogen (secondary N) is 1. The second kappa shape index (κ2) is 6.58. The van der Waals surface area contributed by atoms with Gasteiger partial charge in [0.1, 0.15) is 12.4 Å². The van der Waals surface area contributed by atoms with Crippen molar-refractivity contribution in [2.75, 3.05) is 13.7 Å². The van der Waals surface area contributed by atoms with Crippen LogP contribution in [0.1, 0.15) is 51.0 Å². The van der Waals surface area contributed by atoms with Crippen LogP contribution >= 0.6 is 0 Å². The normalized spacial score (nSPS) is 28.9. The molecule has 1 aromatic rings. The van der Waals surface area contributed by atoms with Crippen molar-refractivity contribution in [1.29, 1.82) is 0 Å². The molecule has 0 aliphatic heterocycles. The van der Waals surface area contributed by atoms with E-state index in [0.29, 0.717) is 18.3 Å². The van der Waals surface area contributed by atoms with Crippen molar-refractivity contribution in [3.63, 3.8) is 0 Å². The Morgan fingerprint density at radius 3 is 2.46 bits per heavy atom. The molecule has 2 saturated carbocycles. The van der Waals surface area contributed by atoms with Gasteiger partial charge in [-0.1, -0.05) is 19.1 Å². The van der Waals surface area contributed by atoms with E-state index in [1.807, 2.05) is 19.1 Å². The van der Waals surface area contributed by atoms with Crippen LogP contribution in [-0.2, 0) is 10.2 Å². The molecule has 2 fully saturated rings. The van der Waals surface area contributed by atoms with E-state index in [1.165, 1.54) is 5.56 Å². The van der Waals surface area contributed by atoms with Crippen LogP contribution in [0.25, 0.3) is 0 Å².